The Balaban J connectivity index is 1.64. The van der Waals surface area contributed by atoms with Gasteiger partial charge in [0.15, 0.2) is 11.5 Å². The summed E-state index contributed by atoms with van der Waals surface area (Å²) in [6.45, 7) is 0.921. The molecule has 1 aromatic carbocycles. The Morgan fingerprint density at radius 1 is 1.11 bits per heavy atom. The molecule has 0 amide bonds. The maximum absolute atomic E-state index is 6.04. The van der Waals surface area contributed by atoms with E-state index < -0.39 is 0 Å². The zero-order valence-electron chi connectivity index (χ0n) is 11.7. The van der Waals surface area contributed by atoms with E-state index in [0.29, 0.717) is 6.10 Å². The summed E-state index contributed by atoms with van der Waals surface area (Å²) in [5.74, 6) is 1.76. The number of hydrogen-bond acceptors (Lipinski definition) is 3. The summed E-state index contributed by atoms with van der Waals surface area (Å²) < 4.78 is 11.5. The maximum Gasteiger partial charge on any atom is 0.161 e. The quantitative estimate of drug-likeness (QED) is 0.852. The highest BCUT2D eigenvalue weighted by Gasteiger charge is 2.21. The second kappa shape index (κ2) is 5.83. The predicted octanol–water partition coefficient (Wildman–Crippen LogP) is 3.27. The molecule has 0 radical (unpaired) electrons. The van der Waals surface area contributed by atoms with E-state index in [4.69, 9.17) is 9.47 Å². The van der Waals surface area contributed by atoms with Crippen molar-refractivity contribution in [1.82, 2.24) is 5.32 Å². The fourth-order valence-electron chi connectivity index (χ4n) is 2.65. The van der Waals surface area contributed by atoms with Crippen LogP contribution in [0, 0.1) is 0 Å². The van der Waals surface area contributed by atoms with Crippen LogP contribution in [0.15, 0.2) is 18.2 Å². The fourth-order valence-corrected chi connectivity index (χ4v) is 2.65. The molecule has 0 bridgehead atoms. The fraction of sp³-hybridized carbons (Fsp3) is 0.625. The Morgan fingerprint density at radius 3 is 2.58 bits per heavy atom. The summed E-state index contributed by atoms with van der Waals surface area (Å²) in [4.78, 5) is 0. The molecular formula is C16H23NO2. The molecule has 3 nitrogen and oxygen atoms in total. The molecule has 19 heavy (non-hydrogen) atoms. The molecule has 1 aromatic rings. The smallest absolute Gasteiger partial charge is 0.161 e. The molecule has 0 unspecified atom stereocenters. The van der Waals surface area contributed by atoms with E-state index in [1.807, 2.05) is 0 Å². The average molecular weight is 261 g/mol. The van der Waals surface area contributed by atoms with Crippen LogP contribution in [0.25, 0.3) is 0 Å². The normalized spacial score (nSPS) is 19.6. The summed E-state index contributed by atoms with van der Waals surface area (Å²) in [5, 5.41) is 3.52. The van der Waals surface area contributed by atoms with E-state index in [9.17, 15) is 0 Å². The average Bonchev–Trinajstić information content (AvgIpc) is 3.13. The van der Waals surface area contributed by atoms with Crippen molar-refractivity contribution in [1.29, 1.82) is 0 Å². The van der Waals surface area contributed by atoms with Crippen molar-refractivity contribution in [2.45, 2.75) is 57.2 Å². The molecule has 2 saturated carbocycles. The monoisotopic (exact) mass is 261 g/mol. The Morgan fingerprint density at radius 2 is 1.89 bits per heavy atom. The Hall–Kier alpha value is -1.22. The maximum atomic E-state index is 6.04. The van der Waals surface area contributed by atoms with Crippen LogP contribution in [0.4, 0.5) is 0 Å². The van der Waals surface area contributed by atoms with Gasteiger partial charge in [0.25, 0.3) is 0 Å². The summed E-state index contributed by atoms with van der Waals surface area (Å²) in [7, 11) is 1.72. The van der Waals surface area contributed by atoms with E-state index in [1.165, 1.54) is 44.1 Å². The van der Waals surface area contributed by atoms with Gasteiger partial charge in [0.05, 0.1) is 13.2 Å². The molecule has 2 fully saturated rings. The van der Waals surface area contributed by atoms with Crippen LogP contribution in [0.2, 0.25) is 0 Å². The number of hydrogen-bond donors (Lipinski definition) is 1. The number of rotatable bonds is 6. The van der Waals surface area contributed by atoms with Gasteiger partial charge in [-0.15, -0.1) is 0 Å². The summed E-state index contributed by atoms with van der Waals surface area (Å²) in [6, 6.07) is 7.03. The van der Waals surface area contributed by atoms with Gasteiger partial charge in [-0.2, -0.15) is 0 Å². The van der Waals surface area contributed by atoms with Crippen LogP contribution in [0.3, 0.4) is 0 Å². The van der Waals surface area contributed by atoms with Gasteiger partial charge < -0.3 is 14.8 Å². The molecule has 104 valence electrons. The molecule has 1 N–H and O–H groups in total. The SMILES string of the molecule is COc1cc(CNC2CC2)ccc1OC1CCCC1. The van der Waals surface area contributed by atoms with E-state index in [2.05, 4.69) is 23.5 Å². The van der Waals surface area contributed by atoms with Crippen LogP contribution in [-0.2, 0) is 6.54 Å². The Kier molecular flexibility index (Phi) is 3.92. The van der Waals surface area contributed by atoms with Crippen LogP contribution in [0.5, 0.6) is 11.5 Å². The lowest BCUT2D eigenvalue weighted by molar-refractivity contribution is 0.200. The van der Waals surface area contributed by atoms with Gasteiger partial charge in [-0.1, -0.05) is 6.07 Å². The third-order valence-electron chi connectivity index (χ3n) is 4.00. The van der Waals surface area contributed by atoms with Crippen molar-refractivity contribution in [2.24, 2.45) is 0 Å². The Bertz CT molecular complexity index is 423. The molecular weight excluding hydrogens is 238 g/mol. The van der Waals surface area contributed by atoms with Crippen molar-refractivity contribution in [2.75, 3.05) is 7.11 Å². The van der Waals surface area contributed by atoms with Crippen molar-refractivity contribution in [3.63, 3.8) is 0 Å². The third-order valence-corrected chi connectivity index (χ3v) is 4.00. The van der Waals surface area contributed by atoms with Gasteiger partial charge in [0.2, 0.25) is 0 Å². The van der Waals surface area contributed by atoms with Crippen LogP contribution in [0.1, 0.15) is 44.1 Å². The number of ether oxygens (including phenoxy) is 2. The highest BCUT2D eigenvalue weighted by molar-refractivity contribution is 5.43. The first-order valence-electron chi connectivity index (χ1n) is 7.42. The molecule has 0 saturated heterocycles. The molecule has 3 rings (SSSR count). The minimum absolute atomic E-state index is 0.379. The summed E-state index contributed by atoms with van der Waals surface area (Å²) in [5.41, 5.74) is 1.27. The molecule has 0 spiro atoms. The largest absolute Gasteiger partial charge is 0.493 e. The summed E-state index contributed by atoms with van der Waals surface area (Å²) >= 11 is 0. The van der Waals surface area contributed by atoms with E-state index in [-0.39, 0.29) is 0 Å². The lowest BCUT2D eigenvalue weighted by Gasteiger charge is -2.16. The first-order chi connectivity index (χ1) is 9.35. The van der Waals surface area contributed by atoms with Gasteiger partial charge in [-0.3, -0.25) is 0 Å². The molecule has 0 atom stereocenters. The first-order valence-corrected chi connectivity index (χ1v) is 7.42. The van der Waals surface area contributed by atoms with Crippen LogP contribution >= 0.6 is 0 Å². The highest BCUT2D eigenvalue weighted by atomic mass is 16.5. The second-order valence-electron chi connectivity index (χ2n) is 5.66. The minimum Gasteiger partial charge on any atom is -0.493 e. The summed E-state index contributed by atoms with van der Waals surface area (Å²) in [6.07, 6.45) is 7.94. The van der Waals surface area contributed by atoms with E-state index in [0.717, 1.165) is 24.1 Å². The zero-order valence-corrected chi connectivity index (χ0v) is 11.7. The van der Waals surface area contributed by atoms with Gasteiger partial charge >= 0.3 is 0 Å². The van der Waals surface area contributed by atoms with Gasteiger partial charge in [-0.05, 0) is 56.2 Å². The third kappa shape index (κ3) is 3.41. The van der Waals surface area contributed by atoms with Gasteiger partial charge in [-0.25, -0.2) is 0 Å². The van der Waals surface area contributed by atoms with E-state index in [1.54, 1.807) is 7.11 Å². The highest BCUT2D eigenvalue weighted by Crippen LogP contribution is 2.32. The van der Waals surface area contributed by atoms with E-state index >= 15 is 0 Å². The van der Waals surface area contributed by atoms with Crippen molar-refractivity contribution in [3.8, 4) is 11.5 Å². The van der Waals surface area contributed by atoms with Crippen LogP contribution < -0.4 is 14.8 Å². The standard InChI is InChI=1S/C16H23NO2/c1-18-16-10-12(11-17-13-7-8-13)6-9-15(16)19-14-4-2-3-5-14/h6,9-10,13-14,17H,2-5,7-8,11H2,1H3. The van der Waals surface area contributed by atoms with Crippen molar-refractivity contribution in [3.05, 3.63) is 23.8 Å². The predicted molar refractivity (Wildman–Crippen MR) is 75.7 cm³/mol. The first kappa shape index (κ1) is 12.8. The van der Waals surface area contributed by atoms with Crippen molar-refractivity contribution >= 4 is 0 Å². The molecule has 2 aliphatic carbocycles. The molecule has 0 heterocycles. The van der Waals surface area contributed by atoms with Crippen LogP contribution in [-0.4, -0.2) is 19.3 Å². The lowest BCUT2D eigenvalue weighted by Crippen LogP contribution is -2.15. The molecule has 3 heteroatoms. The molecule has 0 aromatic heterocycles. The number of nitrogens with one attached hydrogen (secondary N) is 1. The van der Waals surface area contributed by atoms with Gasteiger partial charge in [0.1, 0.15) is 0 Å². The number of benzene rings is 1. The zero-order chi connectivity index (χ0) is 13.1. The van der Waals surface area contributed by atoms with Gasteiger partial charge in [0, 0.05) is 12.6 Å². The topological polar surface area (TPSA) is 30.5 Å². The number of methoxy groups -OCH3 is 1. The molecule has 0 aliphatic heterocycles. The Labute approximate surface area is 115 Å². The second-order valence-corrected chi connectivity index (χ2v) is 5.66. The lowest BCUT2D eigenvalue weighted by atomic mass is 10.2. The minimum atomic E-state index is 0.379. The molecule has 2 aliphatic rings. The van der Waals surface area contributed by atoms with Crippen molar-refractivity contribution < 1.29 is 9.47 Å².